The zero-order valence-electron chi connectivity index (χ0n) is 19.2. The Kier molecular flexibility index (Phi) is 7.79. The highest BCUT2D eigenvalue weighted by Crippen LogP contribution is 2.31. The van der Waals surface area contributed by atoms with Gasteiger partial charge in [0.15, 0.2) is 0 Å². The zero-order valence-corrected chi connectivity index (χ0v) is 19.2. The molecule has 5 unspecified atom stereocenters. The Hall–Kier alpha value is -2.17. The molecule has 1 aliphatic rings. The van der Waals surface area contributed by atoms with Gasteiger partial charge >= 0.3 is 0 Å². The fourth-order valence-electron chi connectivity index (χ4n) is 3.76. The van der Waals surface area contributed by atoms with Crippen molar-refractivity contribution in [2.45, 2.75) is 83.9 Å². The molecule has 32 heavy (non-hydrogen) atoms. The van der Waals surface area contributed by atoms with Gasteiger partial charge in [0.25, 0.3) is 0 Å². The van der Waals surface area contributed by atoms with E-state index in [9.17, 15) is 20.4 Å². The molecule has 3 rings (SSSR count). The summed E-state index contributed by atoms with van der Waals surface area (Å²) in [5.41, 5.74) is 2.74. The molecule has 9 nitrogen and oxygen atoms in total. The maximum Gasteiger partial charge on any atom is 0.239 e. The molecular weight excluding hydrogens is 416 g/mol. The molecule has 2 heterocycles. The van der Waals surface area contributed by atoms with Crippen LogP contribution in [0.2, 0.25) is 0 Å². The molecule has 0 bridgehead atoms. The first-order valence-corrected chi connectivity index (χ1v) is 10.9. The molecule has 0 aliphatic carbocycles. The molecule has 178 valence electrons. The van der Waals surface area contributed by atoms with Gasteiger partial charge in [0, 0.05) is 23.7 Å². The van der Waals surface area contributed by atoms with Crippen molar-refractivity contribution in [1.82, 2.24) is 9.78 Å². The standard InChI is InChI=1S/C23H34N2O7/c1-12(2)25-14(5)17(10-15-6-8-16(9-7-15)30-13(3)4)22(24-25)32-23-21(29)20(28)19(27)18(11-26)31-23/h6-9,12-13,18-21,23,26-29H,10-11H2,1-5H3. The zero-order chi connectivity index (χ0) is 23.6. The molecule has 1 saturated heterocycles. The van der Waals surface area contributed by atoms with Gasteiger partial charge in [-0.05, 0) is 52.3 Å². The monoisotopic (exact) mass is 450 g/mol. The number of ether oxygens (including phenoxy) is 3. The Labute approximate surface area is 188 Å². The second kappa shape index (κ2) is 10.2. The van der Waals surface area contributed by atoms with Crippen LogP contribution in [-0.4, -0.2) is 73.6 Å². The third-order valence-electron chi connectivity index (χ3n) is 5.48. The van der Waals surface area contributed by atoms with E-state index in [-0.39, 0.29) is 18.0 Å². The predicted octanol–water partition coefficient (Wildman–Crippen LogP) is 1.33. The smallest absolute Gasteiger partial charge is 0.239 e. The lowest BCUT2D eigenvalue weighted by Crippen LogP contribution is -2.60. The normalized spacial score (nSPS) is 26.0. The molecule has 4 N–H and O–H groups in total. The van der Waals surface area contributed by atoms with Crippen LogP contribution in [0.3, 0.4) is 0 Å². The van der Waals surface area contributed by atoms with Crippen LogP contribution >= 0.6 is 0 Å². The summed E-state index contributed by atoms with van der Waals surface area (Å²) in [7, 11) is 0. The SMILES string of the molecule is Cc1c(Cc2ccc(OC(C)C)cc2)c(OC2OC(CO)C(O)C(O)C2O)nn1C(C)C. The lowest BCUT2D eigenvalue weighted by Gasteiger charge is -2.39. The van der Waals surface area contributed by atoms with Crippen molar-refractivity contribution in [2.75, 3.05) is 6.61 Å². The van der Waals surface area contributed by atoms with E-state index in [2.05, 4.69) is 5.10 Å². The van der Waals surface area contributed by atoms with Gasteiger partial charge in [-0.15, -0.1) is 5.10 Å². The molecule has 0 amide bonds. The third kappa shape index (κ3) is 5.24. The van der Waals surface area contributed by atoms with Gasteiger partial charge in [-0.1, -0.05) is 12.1 Å². The third-order valence-corrected chi connectivity index (χ3v) is 5.48. The van der Waals surface area contributed by atoms with Gasteiger partial charge in [-0.2, -0.15) is 0 Å². The molecule has 1 aromatic carbocycles. The second-order valence-corrected chi connectivity index (χ2v) is 8.71. The largest absolute Gasteiger partial charge is 0.491 e. The predicted molar refractivity (Wildman–Crippen MR) is 117 cm³/mol. The number of aliphatic hydroxyl groups excluding tert-OH is 4. The molecule has 0 spiro atoms. The molecule has 2 aromatic rings. The van der Waals surface area contributed by atoms with E-state index >= 15 is 0 Å². The summed E-state index contributed by atoms with van der Waals surface area (Å²) in [5.74, 6) is 1.05. The van der Waals surface area contributed by atoms with Crippen LogP contribution in [-0.2, 0) is 11.2 Å². The Morgan fingerprint density at radius 2 is 1.69 bits per heavy atom. The van der Waals surface area contributed by atoms with E-state index in [4.69, 9.17) is 14.2 Å². The molecule has 5 atom stereocenters. The molecule has 1 fully saturated rings. The average Bonchev–Trinajstić information content (AvgIpc) is 3.05. The highest BCUT2D eigenvalue weighted by atomic mass is 16.7. The molecule has 1 aromatic heterocycles. The van der Waals surface area contributed by atoms with Gasteiger partial charge in [0.05, 0.1) is 12.7 Å². The fraction of sp³-hybridized carbons (Fsp3) is 0.609. The first kappa shape index (κ1) is 24.5. The van der Waals surface area contributed by atoms with Crippen LogP contribution in [0, 0.1) is 6.92 Å². The lowest BCUT2D eigenvalue weighted by atomic mass is 9.99. The van der Waals surface area contributed by atoms with E-state index in [0.29, 0.717) is 6.42 Å². The summed E-state index contributed by atoms with van der Waals surface area (Å²) < 4.78 is 18.9. The van der Waals surface area contributed by atoms with Crippen molar-refractivity contribution in [3.63, 3.8) is 0 Å². The summed E-state index contributed by atoms with van der Waals surface area (Å²) in [6, 6.07) is 7.84. The van der Waals surface area contributed by atoms with Gasteiger partial charge < -0.3 is 34.6 Å². The summed E-state index contributed by atoms with van der Waals surface area (Å²) in [6.07, 6.45) is -6.20. The Balaban J connectivity index is 1.87. The van der Waals surface area contributed by atoms with Gasteiger partial charge in [-0.3, -0.25) is 4.68 Å². The van der Waals surface area contributed by atoms with Crippen molar-refractivity contribution in [1.29, 1.82) is 0 Å². The summed E-state index contributed by atoms with van der Waals surface area (Å²) in [6.45, 7) is 9.36. The number of aliphatic hydroxyl groups is 4. The Morgan fingerprint density at radius 1 is 1.03 bits per heavy atom. The maximum atomic E-state index is 10.4. The van der Waals surface area contributed by atoms with Crippen molar-refractivity contribution in [2.24, 2.45) is 0 Å². The molecular formula is C23H34N2O7. The van der Waals surface area contributed by atoms with Crippen molar-refractivity contribution in [3.05, 3.63) is 41.1 Å². The van der Waals surface area contributed by atoms with E-state index in [1.165, 1.54) is 0 Å². The Morgan fingerprint density at radius 3 is 2.25 bits per heavy atom. The van der Waals surface area contributed by atoms with Crippen molar-refractivity contribution >= 4 is 0 Å². The number of nitrogens with zero attached hydrogens (tertiary/aromatic N) is 2. The first-order valence-electron chi connectivity index (χ1n) is 10.9. The number of hydrogen-bond donors (Lipinski definition) is 4. The molecule has 9 heteroatoms. The number of aromatic nitrogens is 2. The minimum Gasteiger partial charge on any atom is -0.491 e. The van der Waals surface area contributed by atoms with E-state index in [1.54, 1.807) is 0 Å². The maximum absolute atomic E-state index is 10.4. The lowest BCUT2D eigenvalue weighted by molar-refractivity contribution is -0.278. The minimum atomic E-state index is -1.52. The van der Waals surface area contributed by atoms with Crippen LogP contribution in [0.5, 0.6) is 11.6 Å². The van der Waals surface area contributed by atoms with Crippen LogP contribution in [0.4, 0.5) is 0 Å². The number of hydrogen-bond acceptors (Lipinski definition) is 8. The molecule has 1 aliphatic heterocycles. The van der Waals surface area contributed by atoms with Crippen LogP contribution in [0.1, 0.15) is 50.6 Å². The van der Waals surface area contributed by atoms with Gasteiger partial charge in [0.1, 0.15) is 30.2 Å². The summed E-state index contributed by atoms with van der Waals surface area (Å²) in [4.78, 5) is 0. The first-order chi connectivity index (χ1) is 15.1. The number of benzene rings is 1. The number of rotatable bonds is 8. The minimum absolute atomic E-state index is 0.0720. The molecule has 0 saturated carbocycles. The van der Waals surface area contributed by atoms with Crippen LogP contribution in [0.15, 0.2) is 24.3 Å². The summed E-state index contributed by atoms with van der Waals surface area (Å²) >= 11 is 0. The highest BCUT2D eigenvalue weighted by Gasteiger charge is 2.45. The van der Waals surface area contributed by atoms with E-state index < -0.39 is 37.3 Å². The van der Waals surface area contributed by atoms with E-state index in [1.807, 2.05) is 63.6 Å². The average molecular weight is 451 g/mol. The highest BCUT2D eigenvalue weighted by molar-refractivity contribution is 5.38. The van der Waals surface area contributed by atoms with Gasteiger partial charge in [0.2, 0.25) is 12.2 Å². The Bertz CT molecular complexity index is 879. The van der Waals surface area contributed by atoms with Crippen LogP contribution < -0.4 is 9.47 Å². The quantitative estimate of drug-likeness (QED) is 0.475. The second-order valence-electron chi connectivity index (χ2n) is 8.71. The van der Waals surface area contributed by atoms with Gasteiger partial charge in [-0.25, -0.2) is 0 Å². The topological polar surface area (TPSA) is 126 Å². The van der Waals surface area contributed by atoms with Crippen molar-refractivity contribution < 1.29 is 34.6 Å². The van der Waals surface area contributed by atoms with Crippen molar-refractivity contribution in [3.8, 4) is 11.6 Å². The van der Waals surface area contributed by atoms with E-state index in [0.717, 1.165) is 22.6 Å². The fourth-order valence-corrected chi connectivity index (χ4v) is 3.76. The molecule has 0 radical (unpaired) electrons. The summed E-state index contributed by atoms with van der Waals surface area (Å²) in [5, 5.41) is 44.4. The van der Waals surface area contributed by atoms with Crippen LogP contribution in [0.25, 0.3) is 0 Å².